The van der Waals surface area contributed by atoms with Crippen molar-refractivity contribution in [3.8, 4) is 17.2 Å². The summed E-state index contributed by atoms with van der Waals surface area (Å²) in [5, 5.41) is 13.7. The largest absolute Gasteiger partial charge is 0.507 e. The number of methoxy groups -OCH3 is 1. The molecular weight excluding hydrogens is 380 g/mol. The molecule has 0 radical (unpaired) electrons. The quantitative estimate of drug-likeness (QED) is 0.489. The van der Waals surface area contributed by atoms with E-state index in [-0.39, 0.29) is 23.2 Å². The maximum Gasteiger partial charge on any atom is 0.277 e. The zero-order chi connectivity index (χ0) is 22.4. The summed E-state index contributed by atoms with van der Waals surface area (Å²) >= 11 is 0. The van der Waals surface area contributed by atoms with Crippen molar-refractivity contribution in [2.45, 2.75) is 46.5 Å². The normalized spacial score (nSPS) is 12.1. The van der Waals surface area contributed by atoms with Crippen LogP contribution in [0.2, 0.25) is 0 Å². The number of nitrogens with zero attached hydrogens (tertiary/aromatic N) is 1. The fourth-order valence-electron chi connectivity index (χ4n) is 3.54. The Bertz CT molecular complexity index is 881. The van der Waals surface area contributed by atoms with Gasteiger partial charge in [0.1, 0.15) is 17.2 Å². The van der Waals surface area contributed by atoms with Crippen molar-refractivity contribution in [3.05, 3.63) is 53.6 Å². The molecule has 0 saturated heterocycles. The summed E-state index contributed by atoms with van der Waals surface area (Å²) in [5.41, 5.74) is 4.37. The molecule has 1 amide bonds. The Morgan fingerprint density at radius 1 is 1.07 bits per heavy atom. The van der Waals surface area contributed by atoms with Gasteiger partial charge in [0.2, 0.25) is 0 Å². The van der Waals surface area contributed by atoms with Crippen LogP contribution in [0.3, 0.4) is 0 Å². The standard InChI is InChI=1S/C24H32N2O4/c1-23(2,3)16-24(4,5)18-8-11-19(12-9-18)30-15-22(28)26-25-14-17-7-10-20(29-6)13-21(17)27/h7-14,27H,15-16H2,1-6H3,(H,26,28). The first kappa shape index (κ1) is 23.3. The molecule has 2 aromatic carbocycles. The number of hydrazone groups is 1. The fraction of sp³-hybridized carbons (Fsp3) is 0.417. The molecule has 2 aromatic rings. The summed E-state index contributed by atoms with van der Waals surface area (Å²) in [5.74, 6) is 0.779. The SMILES string of the molecule is COc1ccc(C=NNC(=O)COc2ccc(C(C)(C)CC(C)(C)C)cc2)c(O)c1. The molecule has 0 heterocycles. The maximum absolute atomic E-state index is 11.9. The van der Waals surface area contributed by atoms with Crippen LogP contribution >= 0.6 is 0 Å². The van der Waals surface area contributed by atoms with Crippen molar-refractivity contribution in [1.82, 2.24) is 5.43 Å². The molecule has 0 aliphatic heterocycles. The van der Waals surface area contributed by atoms with Gasteiger partial charge < -0.3 is 14.6 Å². The summed E-state index contributed by atoms with van der Waals surface area (Å²) < 4.78 is 10.6. The van der Waals surface area contributed by atoms with Crippen molar-refractivity contribution >= 4 is 12.1 Å². The van der Waals surface area contributed by atoms with Gasteiger partial charge in [-0.25, -0.2) is 5.43 Å². The number of benzene rings is 2. The van der Waals surface area contributed by atoms with E-state index in [9.17, 15) is 9.90 Å². The third-order valence-electron chi connectivity index (χ3n) is 4.61. The Morgan fingerprint density at radius 3 is 2.27 bits per heavy atom. The highest BCUT2D eigenvalue weighted by Gasteiger charge is 2.27. The Hall–Kier alpha value is -3.02. The van der Waals surface area contributed by atoms with Crippen molar-refractivity contribution < 1.29 is 19.4 Å². The molecule has 0 atom stereocenters. The number of hydrogen-bond donors (Lipinski definition) is 2. The smallest absolute Gasteiger partial charge is 0.277 e. The first-order valence-corrected chi connectivity index (χ1v) is 9.92. The first-order valence-electron chi connectivity index (χ1n) is 9.92. The molecule has 2 rings (SSSR count). The predicted molar refractivity (Wildman–Crippen MR) is 119 cm³/mol. The summed E-state index contributed by atoms with van der Waals surface area (Å²) in [7, 11) is 1.52. The number of phenols is 1. The zero-order valence-electron chi connectivity index (χ0n) is 18.7. The van der Waals surface area contributed by atoms with Crippen LogP contribution < -0.4 is 14.9 Å². The van der Waals surface area contributed by atoms with Gasteiger partial charge in [0, 0.05) is 11.6 Å². The van der Waals surface area contributed by atoms with Crippen molar-refractivity contribution in [2.75, 3.05) is 13.7 Å². The predicted octanol–water partition coefficient (Wildman–Crippen LogP) is 4.64. The molecule has 0 aromatic heterocycles. The van der Waals surface area contributed by atoms with Gasteiger partial charge in [-0.15, -0.1) is 0 Å². The minimum absolute atomic E-state index is 0.0121. The van der Waals surface area contributed by atoms with Gasteiger partial charge in [0.05, 0.1) is 13.3 Å². The highest BCUT2D eigenvalue weighted by Crippen LogP contribution is 2.36. The van der Waals surface area contributed by atoms with Crippen LogP contribution in [0.15, 0.2) is 47.6 Å². The highest BCUT2D eigenvalue weighted by molar-refractivity contribution is 5.85. The van der Waals surface area contributed by atoms with E-state index in [0.717, 1.165) is 6.42 Å². The van der Waals surface area contributed by atoms with Crippen LogP contribution in [-0.4, -0.2) is 30.9 Å². The second-order valence-electron chi connectivity index (χ2n) is 9.15. The van der Waals surface area contributed by atoms with E-state index < -0.39 is 5.91 Å². The molecule has 0 unspecified atom stereocenters. The number of nitrogens with one attached hydrogen (secondary N) is 1. The number of rotatable bonds is 8. The minimum atomic E-state index is -0.392. The van der Waals surface area contributed by atoms with Crippen molar-refractivity contribution in [3.63, 3.8) is 0 Å². The maximum atomic E-state index is 11.9. The topological polar surface area (TPSA) is 80.2 Å². The van der Waals surface area contributed by atoms with Crippen LogP contribution in [0.1, 0.15) is 52.2 Å². The van der Waals surface area contributed by atoms with Crippen LogP contribution in [-0.2, 0) is 10.2 Å². The van der Waals surface area contributed by atoms with E-state index in [1.807, 2.05) is 24.3 Å². The molecule has 0 bridgehead atoms. The van der Waals surface area contributed by atoms with E-state index >= 15 is 0 Å². The second kappa shape index (κ2) is 9.65. The van der Waals surface area contributed by atoms with E-state index in [1.165, 1.54) is 25.0 Å². The Kier molecular flexibility index (Phi) is 7.48. The van der Waals surface area contributed by atoms with Crippen LogP contribution in [0, 0.1) is 5.41 Å². The average Bonchev–Trinajstić information content (AvgIpc) is 2.66. The molecule has 162 valence electrons. The molecule has 2 N–H and O–H groups in total. The number of amides is 1. The lowest BCUT2D eigenvalue weighted by molar-refractivity contribution is -0.123. The van der Waals surface area contributed by atoms with Gasteiger partial charge in [-0.1, -0.05) is 46.8 Å². The third kappa shape index (κ3) is 7.10. The summed E-state index contributed by atoms with van der Waals surface area (Å²) in [6.07, 6.45) is 2.42. The van der Waals surface area contributed by atoms with E-state index in [2.05, 4.69) is 45.1 Å². The lowest BCUT2D eigenvalue weighted by Gasteiger charge is -2.33. The number of aromatic hydroxyl groups is 1. The first-order chi connectivity index (χ1) is 14.0. The summed E-state index contributed by atoms with van der Waals surface area (Å²) in [6.45, 7) is 11.0. The Morgan fingerprint density at radius 2 is 1.70 bits per heavy atom. The lowest BCUT2D eigenvalue weighted by atomic mass is 9.72. The van der Waals surface area contributed by atoms with Gasteiger partial charge in [-0.05, 0) is 47.1 Å². The van der Waals surface area contributed by atoms with Crippen molar-refractivity contribution in [1.29, 1.82) is 0 Å². The zero-order valence-corrected chi connectivity index (χ0v) is 18.7. The van der Waals surface area contributed by atoms with Gasteiger partial charge >= 0.3 is 0 Å². The van der Waals surface area contributed by atoms with Crippen LogP contribution in [0.5, 0.6) is 17.2 Å². The third-order valence-corrected chi connectivity index (χ3v) is 4.61. The summed E-state index contributed by atoms with van der Waals surface area (Å²) in [4.78, 5) is 11.9. The van der Waals surface area contributed by atoms with Gasteiger partial charge in [0.25, 0.3) is 5.91 Å². The van der Waals surface area contributed by atoms with Gasteiger partial charge in [0.15, 0.2) is 6.61 Å². The monoisotopic (exact) mass is 412 g/mol. The Balaban J connectivity index is 1.86. The van der Waals surface area contributed by atoms with Crippen molar-refractivity contribution in [2.24, 2.45) is 10.5 Å². The number of phenolic OH excluding ortho intramolecular Hbond substituents is 1. The molecule has 0 fully saturated rings. The Labute approximate surface area is 178 Å². The molecule has 6 nitrogen and oxygen atoms in total. The molecule has 0 aliphatic carbocycles. The van der Waals surface area contributed by atoms with E-state index in [0.29, 0.717) is 17.1 Å². The van der Waals surface area contributed by atoms with Gasteiger partial charge in [-0.3, -0.25) is 4.79 Å². The van der Waals surface area contributed by atoms with Gasteiger partial charge in [-0.2, -0.15) is 5.10 Å². The van der Waals surface area contributed by atoms with E-state index in [1.54, 1.807) is 12.1 Å². The number of hydrogen-bond acceptors (Lipinski definition) is 5. The lowest BCUT2D eigenvalue weighted by Crippen LogP contribution is -2.25. The number of ether oxygens (including phenoxy) is 2. The molecule has 0 aliphatic rings. The molecule has 30 heavy (non-hydrogen) atoms. The molecular formula is C24H32N2O4. The molecule has 0 saturated carbocycles. The van der Waals surface area contributed by atoms with E-state index in [4.69, 9.17) is 9.47 Å². The number of carbonyl (C=O) groups is 1. The number of carbonyl (C=O) groups excluding carboxylic acids is 1. The highest BCUT2D eigenvalue weighted by atomic mass is 16.5. The average molecular weight is 413 g/mol. The fourth-order valence-corrected chi connectivity index (χ4v) is 3.54. The summed E-state index contributed by atoms with van der Waals surface area (Å²) in [6, 6.07) is 12.7. The second-order valence-corrected chi connectivity index (χ2v) is 9.15. The van der Waals surface area contributed by atoms with Crippen LogP contribution in [0.4, 0.5) is 0 Å². The minimum Gasteiger partial charge on any atom is -0.507 e. The molecule has 0 spiro atoms. The van der Waals surface area contributed by atoms with Crippen LogP contribution in [0.25, 0.3) is 0 Å². The molecule has 6 heteroatoms.